The van der Waals surface area contributed by atoms with E-state index >= 15 is 0 Å². The van der Waals surface area contributed by atoms with Crippen LogP contribution in [-0.4, -0.2) is 60.9 Å². The van der Waals surface area contributed by atoms with E-state index in [2.05, 4.69) is 17.1 Å². The standard InChI is InChI=1S/C11H18N4O2/c1-2-5-14-6-8-15(9-7-14)11(17)10(16)13-4-3-12/h2,4-9H2,1H3,(H,13,16). The maximum atomic E-state index is 11.7. The number of hydrogen-bond donors (Lipinski definition) is 1. The van der Waals surface area contributed by atoms with Gasteiger partial charge in [-0.25, -0.2) is 0 Å². The lowest BCUT2D eigenvalue weighted by atomic mass is 10.3. The van der Waals surface area contributed by atoms with Crippen molar-refractivity contribution in [2.75, 3.05) is 39.3 Å². The first kappa shape index (κ1) is 13.5. The Labute approximate surface area is 101 Å². The molecule has 1 saturated heterocycles. The smallest absolute Gasteiger partial charge is 0.311 e. The van der Waals surface area contributed by atoms with Gasteiger partial charge < -0.3 is 10.2 Å². The third-order valence-electron chi connectivity index (χ3n) is 2.72. The third kappa shape index (κ3) is 4.04. The Morgan fingerprint density at radius 1 is 1.29 bits per heavy atom. The number of piperazine rings is 1. The zero-order valence-corrected chi connectivity index (χ0v) is 10.1. The molecule has 1 heterocycles. The lowest BCUT2D eigenvalue weighted by Gasteiger charge is -2.34. The second-order valence-corrected chi connectivity index (χ2v) is 3.97. The van der Waals surface area contributed by atoms with Gasteiger partial charge in [-0.1, -0.05) is 6.92 Å². The van der Waals surface area contributed by atoms with E-state index in [0.717, 1.165) is 26.1 Å². The van der Waals surface area contributed by atoms with Crippen LogP contribution in [0.25, 0.3) is 0 Å². The Bertz CT molecular complexity index is 316. The summed E-state index contributed by atoms with van der Waals surface area (Å²) in [6.45, 7) is 5.81. The topological polar surface area (TPSA) is 76.4 Å². The van der Waals surface area contributed by atoms with Gasteiger partial charge in [0.2, 0.25) is 0 Å². The molecule has 0 aromatic heterocycles. The summed E-state index contributed by atoms with van der Waals surface area (Å²) in [6, 6.07) is 1.77. The van der Waals surface area contributed by atoms with Crippen LogP contribution in [0.5, 0.6) is 0 Å². The van der Waals surface area contributed by atoms with E-state index in [1.165, 1.54) is 0 Å². The highest BCUT2D eigenvalue weighted by molar-refractivity contribution is 6.35. The van der Waals surface area contributed by atoms with Crippen LogP contribution in [0.3, 0.4) is 0 Å². The van der Waals surface area contributed by atoms with Crippen LogP contribution in [0, 0.1) is 11.3 Å². The van der Waals surface area contributed by atoms with Crippen molar-refractivity contribution >= 4 is 11.8 Å². The molecular formula is C11H18N4O2. The van der Waals surface area contributed by atoms with Crippen molar-refractivity contribution in [1.29, 1.82) is 5.26 Å². The van der Waals surface area contributed by atoms with Crippen molar-refractivity contribution < 1.29 is 9.59 Å². The minimum Gasteiger partial charge on any atom is -0.335 e. The minimum atomic E-state index is -0.685. The number of amides is 2. The van der Waals surface area contributed by atoms with E-state index in [-0.39, 0.29) is 6.54 Å². The fraction of sp³-hybridized carbons (Fsp3) is 0.727. The summed E-state index contributed by atoms with van der Waals surface area (Å²) in [5, 5.41) is 10.6. The molecule has 6 nitrogen and oxygen atoms in total. The highest BCUT2D eigenvalue weighted by Crippen LogP contribution is 2.02. The lowest BCUT2D eigenvalue weighted by molar-refractivity contribution is -0.146. The van der Waals surface area contributed by atoms with E-state index in [4.69, 9.17) is 5.26 Å². The number of hydrogen-bond acceptors (Lipinski definition) is 4. The number of nitriles is 1. The molecule has 1 fully saturated rings. The summed E-state index contributed by atoms with van der Waals surface area (Å²) in [7, 11) is 0. The van der Waals surface area contributed by atoms with Crippen LogP contribution in [0.2, 0.25) is 0 Å². The van der Waals surface area contributed by atoms with Gasteiger partial charge in [-0.3, -0.25) is 14.5 Å². The van der Waals surface area contributed by atoms with E-state index < -0.39 is 11.8 Å². The molecule has 1 aliphatic rings. The van der Waals surface area contributed by atoms with E-state index in [0.29, 0.717) is 13.1 Å². The van der Waals surface area contributed by atoms with Gasteiger partial charge in [0.05, 0.1) is 6.07 Å². The van der Waals surface area contributed by atoms with Crippen LogP contribution in [0.1, 0.15) is 13.3 Å². The van der Waals surface area contributed by atoms with Crippen molar-refractivity contribution in [3.05, 3.63) is 0 Å². The fourth-order valence-electron chi connectivity index (χ4n) is 1.83. The van der Waals surface area contributed by atoms with Crippen molar-refractivity contribution in [3.63, 3.8) is 0 Å². The van der Waals surface area contributed by atoms with Crippen molar-refractivity contribution in [2.45, 2.75) is 13.3 Å². The van der Waals surface area contributed by atoms with E-state index in [1.807, 2.05) is 0 Å². The van der Waals surface area contributed by atoms with Gasteiger partial charge in [-0.15, -0.1) is 0 Å². The maximum Gasteiger partial charge on any atom is 0.311 e. The molecule has 1 N–H and O–H groups in total. The van der Waals surface area contributed by atoms with Crippen molar-refractivity contribution in [2.24, 2.45) is 0 Å². The number of nitrogens with one attached hydrogen (secondary N) is 1. The molecule has 6 heteroatoms. The molecule has 2 amide bonds. The first-order valence-electron chi connectivity index (χ1n) is 5.85. The van der Waals surface area contributed by atoms with Gasteiger partial charge in [0.25, 0.3) is 0 Å². The molecule has 0 aromatic rings. The Morgan fingerprint density at radius 3 is 2.47 bits per heavy atom. The van der Waals surface area contributed by atoms with Crippen molar-refractivity contribution in [1.82, 2.24) is 15.1 Å². The summed E-state index contributed by atoms with van der Waals surface area (Å²) < 4.78 is 0. The van der Waals surface area contributed by atoms with Gasteiger partial charge in [-0.2, -0.15) is 5.26 Å². The van der Waals surface area contributed by atoms with Gasteiger partial charge in [-0.05, 0) is 13.0 Å². The van der Waals surface area contributed by atoms with Crippen LogP contribution < -0.4 is 5.32 Å². The van der Waals surface area contributed by atoms with Crippen molar-refractivity contribution in [3.8, 4) is 6.07 Å². The average molecular weight is 238 g/mol. The van der Waals surface area contributed by atoms with Gasteiger partial charge in [0, 0.05) is 26.2 Å². The Balaban J connectivity index is 2.35. The molecule has 0 radical (unpaired) electrons. The molecule has 0 bridgehead atoms. The number of carbonyl (C=O) groups excluding carboxylic acids is 2. The summed E-state index contributed by atoms with van der Waals surface area (Å²) in [6.07, 6.45) is 1.09. The molecule has 0 spiro atoms. The highest BCUT2D eigenvalue weighted by Gasteiger charge is 2.25. The van der Waals surface area contributed by atoms with Crippen LogP contribution in [0.15, 0.2) is 0 Å². The average Bonchev–Trinajstić information content (AvgIpc) is 2.36. The molecule has 0 saturated carbocycles. The molecule has 17 heavy (non-hydrogen) atoms. The summed E-state index contributed by atoms with van der Waals surface area (Å²) in [5.74, 6) is -1.22. The second-order valence-electron chi connectivity index (χ2n) is 3.97. The zero-order valence-electron chi connectivity index (χ0n) is 10.1. The van der Waals surface area contributed by atoms with Gasteiger partial charge in [0.15, 0.2) is 0 Å². The third-order valence-corrected chi connectivity index (χ3v) is 2.72. The molecule has 94 valence electrons. The lowest BCUT2D eigenvalue weighted by Crippen LogP contribution is -2.52. The molecule has 0 aromatic carbocycles. The highest BCUT2D eigenvalue weighted by atomic mass is 16.2. The molecular weight excluding hydrogens is 220 g/mol. The van der Waals surface area contributed by atoms with Gasteiger partial charge >= 0.3 is 11.8 Å². The first-order chi connectivity index (χ1) is 8.19. The van der Waals surface area contributed by atoms with Crippen LogP contribution in [-0.2, 0) is 9.59 Å². The normalized spacial score (nSPS) is 16.4. The van der Waals surface area contributed by atoms with Gasteiger partial charge in [0.1, 0.15) is 6.54 Å². The predicted molar refractivity (Wildman–Crippen MR) is 61.9 cm³/mol. The summed E-state index contributed by atoms with van der Waals surface area (Å²) in [4.78, 5) is 26.8. The molecule has 1 aliphatic heterocycles. The summed E-state index contributed by atoms with van der Waals surface area (Å²) in [5.41, 5.74) is 0. The Morgan fingerprint density at radius 2 is 1.94 bits per heavy atom. The molecule has 1 rings (SSSR count). The SMILES string of the molecule is CCCN1CCN(C(=O)C(=O)NCC#N)CC1. The fourth-order valence-corrected chi connectivity index (χ4v) is 1.83. The molecule has 0 atom stereocenters. The van der Waals surface area contributed by atoms with Crippen LogP contribution in [0.4, 0.5) is 0 Å². The maximum absolute atomic E-state index is 11.7. The molecule has 0 unspecified atom stereocenters. The first-order valence-corrected chi connectivity index (χ1v) is 5.85. The summed E-state index contributed by atoms with van der Waals surface area (Å²) >= 11 is 0. The monoisotopic (exact) mass is 238 g/mol. The Hall–Kier alpha value is -1.61. The quantitative estimate of drug-likeness (QED) is 0.515. The largest absolute Gasteiger partial charge is 0.335 e. The number of carbonyl (C=O) groups is 2. The molecule has 0 aliphatic carbocycles. The predicted octanol–water partition coefficient (Wildman–Crippen LogP) is -0.820. The number of rotatable bonds is 3. The second kappa shape index (κ2) is 6.86. The Kier molecular flexibility index (Phi) is 5.43. The number of nitrogens with zero attached hydrogens (tertiary/aromatic N) is 3. The van der Waals surface area contributed by atoms with E-state index in [1.54, 1.807) is 11.0 Å². The minimum absolute atomic E-state index is 0.125. The van der Waals surface area contributed by atoms with E-state index in [9.17, 15) is 9.59 Å². The van der Waals surface area contributed by atoms with Crippen LogP contribution >= 0.6 is 0 Å². The zero-order chi connectivity index (χ0) is 12.7.